The van der Waals surface area contributed by atoms with Crippen LogP contribution in [0, 0.1) is 5.92 Å². The molecule has 1 amide bonds. The van der Waals surface area contributed by atoms with Crippen LogP contribution >= 0.6 is 0 Å². The molecule has 0 spiro atoms. The Labute approximate surface area is 186 Å². The van der Waals surface area contributed by atoms with Crippen LogP contribution in [-0.2, 0) is 11.3 Å². The van der Waals surface area contributed by atoms with Crippen molar-refractivity contribution in [2.24, 2.45) is 5.92 Å². The molecule has 2 aromatic carbocycles. The number of amides is 1. The number of carbonyl (C=O) groups excluding carboxylic acids is 1. The van der Waals surface area contributed by atoms with Crippen molar-refractivity contribution >= 4 is 33.8 Å². The number of rotatable bonds is 6. The first-order valence-corrected chi connectivity index (χ1v) is 11.1. The third kappa shape index (κ3) is 3.98. The van der Waals surface area contributed by atoms with E-state index in [0.717, 1.165) is 53.0 Å². The Kier molecular flexibility index (Phi) is 5.62. The van der Waals surface area contributed by atoms with Gasteiger partial charge in [0.05, 0.1) is 12.5 Å². The first kappa shape index (κ1) is 20.3. The van der Waals surface area contributed by atoms with Crippen molar-refractivity contribution in [2.45, 2.75) is 26.3 Å². The fraction of sp³-hybridized carbons (Fsp3) is 0.320. The van der Waals surface area contributed by atoms with Gasteiger partial charge in [-0.15, -0.1) is 0 Å². The van der Waals surface area contributed by atoms with E-state index < -0.39 is 0 Å². The Hall–Kier alpha value is -3.61. The lowest BCUT2D eigenvalue weighted by atomic mass is 9.97. The Morgan fingerprint density at radius 1 is 1.22 bits per heavy atom. The lowest BCUT2D eigenvalue weighted by Crippen LogP contribution is -2.43. The largest absolute Gasteiger partial charge is 0.494 e. The molecule has 1 saturated heterocycles. The maximum atomic E-state index is 12.9. The van der Waals surface area contributed by atoms with Gasteiger partial charge >= 0.3 is 0 Å². The zero-order valence-corrected chi connectivity index (χ0v) is 18.1. The number of ether oxygens (including phenoxy) is 1. The van der Waals surface area contributed by atoms with Gasteiger partial charge < -0.3 is 19.4 Å². The number of fused-ring (bicyclic) bond motifs is 3. The molecule has 0 radical (unpaired) electrons. The quantitative estimate of drug-likeness (QED) is 0.491. The number of benzene rings is 2. The summed E-state index contributed by atoms with van der Waals surface area (Å²) >= 11 is 0. The number of carbonyl (C=O) groups is 1. The summed E-state index contributed by atoms with van der Waals surface area (Å²) in [6.45, 7) is 4.50. The van der Waals surface area contributed by atoms with Gasteiger partial charge in [-0.05, 0) is 49.6 Å². The number of para-hydroxylation sites is 1. The second-order valence-corrected chi connectivity index (χ2v) is 8.06. The monoisotopic (exact) mass is 430 g/mol. The molecule has 2 aromatic heterocycles. The fourth-order valence-electron chi connectivity index (χ4n) is 4.37. The number of hydrogen-bond acceptors (Lipinski definition) is 6. The van der Waals surface area contributed by atoms with Crippen LogP contribution in [0.3, 0.4) is 0 Å². The number of hydrogen-bond donors (Lipinski definition) is 1. The topological polar surface area (TPSA) is 80.5 Å². The number of nitrogens with one attached hydrogen (secondary N) is 1. The minimum atomic E-state index is -0.104. The van der Waals surface area contributed by atoms with E-state index in [4.69, 9.17) is 9.15 Å². The van der Waals surface area contributed by atoms with Gasteiger partial charge in [-0.25, -0.2) is 9.97 Å². The third-order valence-electron chi connectivity index (χ3n) is 5.91. The summed E-state index contributed by atoms with van der Waals surface area (Å²) < 4.78 is 11.6. The molecule has 0 bridgehead atoms. The molecule has 0 unspecified atom stereocenters. The van der Waals surface area contributed by atoms with E-state index in [0.29, 0.717) is 25.3 Å². The van der Waals surface area contributed by atoms with Crippen LogP contribution in [0.4, 0.5) is 5.82 Å². The fourth-order valence-corrected chi connectivity index (χ4v) is 4.37. The first-order chi connectivity index (χ1) is 15.7. The van der Waals surface area contributed by atoms with Gasteiger partial charge in [0.1, 0.15) is 23.2 Å². The van der Waals surface area contributed by atoms with Crippen molar-refractivity contribution in [1.29, 1.82) is 0 Å². The van der Waals surface area contributed by atoms with E-state index in [1.165, 1.54) is 0 Å². The van der Waals surface area contributed by atoms with Crippen molar-refractivity contribution < 1.29 is 13.9 Å². The highest BCUT2D eigenvalue weighted by molar-refractivity contribution is 6.05. The maximum Gasteiger partial charge on any atom is 0.225 e. The van der Waals surface area contributed by atoms with Crippen molar-refractivity contribution in [3.8, 4) is 5.75 Å². The van der Waals surface area contributed by atoms with Crippen LogP contribution in [0.5, 0.6) is 5.75 Å². The van der Waals surface area contributed by atoms with E-state index in [-0.39, 0.29) is 11.8 Å². The van der Waals surface area contributed by atoms with Crippen LogP contribution in [0.15, 0.2) is 59.3 Å². The molecule has 7 nitrogen and oxygen atoms in total. The number of piperidine rings is 1. The number of nitrogens with zero attached hydrogens (tertiary/aromatic N) is 3. The Morgan fingerprint density at radius 2 is 2.12 bits per heavy atom. The molecule has 1 fully saturated rings. The van der Waals surface area contributed by atoms with Gasteiger partial charge in [0.25, 0.3) is 0 Å². The molecular formula is C25H26N4O3. The highest BCUT2D eigenvalue weighted by Gasteiger charge is 2.28. The molecule has 4 aromatic rings. The summed E-state index contributed by atoms with van der Waals surface area (Å²) in [5.74, 6) is 1.54. The zero-order chi connectivity index (χ0) is 21.9. The van der Waals surface area contributed by atoms with Gasteiger partial charge in [0.2, 0.25) is 5.91 Å². The molecular weight excluding hydrogens is 404 g/mol. The van der Waals surface area contributed by atoms with Crippen molar-refractivity contribution in [3.63, 3.8) is 0 Å². The molecule has 0 saturated carbocycles. The molecule has 1 aliphatic rings. The van der Waals surface area contributed by atoms with Gasteiger partial charge in [0.15, 0.2) is 11.4 Å². The van der Waals surface area contributed by atoms with Crippen LogP contribution in [0.2, 0.25) is 0 Å². The predicted octanol–water partition coefficient (Wildman–Crippen LogP) is 4.31. The molecule has 1 atom stereocenters. The van der Waals surface area contributed by atoms with Crippen molar-refractivity contribution in [1.82, 2.24) is 15.3 Å². The van der Waals surface area contributed by atoms with Gasteiger partial charge in [-0.1, -0.05) is 24.3 Å². The lowest BCUT2D eigenvalue weighted by Gasteiger charge is -2.32. The first-order valence-electron chi connectivity index (χ1n) is 11.1. The van der Waals surface area contributed by atoms with Crippen molar-refractivity contribution in [2.75, 3.05) is 24.6 Å². The Bertz CT molecular complexity index is 1250. The van der Waals surface area contributed by atoms with Crippen LogP contribution in [0.1, 0.15) is 25.3 Å². The maximum absolute atomic E-state index is 12.9. The second kappa shape index (κ2) is 8.86. The minimum absolute atomic E-state index is 0.0615. The van der Waals surface area contributed by atoms with E-state index in [1.54, 1.807) is 6.33 Å². The smallest absolute Gasteiger partial charge is 0.225 e. The molecule has 32 heavy (non-hydrogen) atoms. The Balaban J connectivity index is 1.30. The van der Waals surface area contributed by atoms with Crippen LogP contribution < -0.4 is 15.0 Å². The molecule has 7 heteroatoms. The molecule has 164 valence electrons. The second-order valence-electron chi connectivity index (χ2n) is 8.06. The normalized spacial score (nSPS) is 16.4. The molecule has 3 heterocycles. The highest BCUT2D eigenvalue weighted by atomic mass is 16.5. The number of anilines is 1. The van der Waals surface area contributed by atoms with Crippen molar-refractivity contribution in [3.05, 3.63) is 60.4 Å². The predicted molar refractivity (Wildman–Crippen MR) is 124 cm³/mol. The average Bonchev–Trinajstić information content (AvgIpc) is 3.22. The van der Waals surface area contributed by atoms with Gasteiger partial charge in [-0.3, -0.25) is 4.79 Å². The SMILES string of the molecule is CCOc1cccc(CNC(=O)[C@@H]2CCCN(c3ncnc4c3oc3ccccc34)C2)c1. The van der Waals surface area contributed by atoms with Crippen LogP contribution in [-0.4, -0.2) is 35.6 Å². The average molecular weight is 431 g/mol. The van der Waals surface area contributed by atoms with Gasteiger partial charge in [-0.2, -0.15) is 0 Å². The third-order valence-corrected chi connectivity index (χ3v) is 5.91. The summed E-state index contributed by atoms with van der Waals surface area (Å²) in [6.07, 6.45) is 3.36. The number of aromatic nitrogens is 2. The lowest BCUT2D eigenvalue weighted by molar-refractivity contribution is -0.125. The number of furan rings is 1. The van der Waals surface area contributed by atoms with E-state index in [2.05, 4.69) is 20.2 Å². The standard InChI is InChI=1S/C25H26N4O3/c1-2-31-19-9-5-7-17(13-19)14-26-25(30)18-8-6-12-29(15-18)24-23-22(27-16-28-24)20-10-3-4-11-21(20)32-23/h3-5,7,9-11,13,16,18H,2,6,8,12,14-15H2,1H3,(H,26,30)/t18-/m1/s1. The minimum Gasteiger partial charge on any atom is -0.494 e. The summed E-state index contributed by atoms with van der Waals surface area (Å²) in [5, 5.41) is 4.07. The highest BCUT2D eigenvalue weighted by Crippen LogP contribution is 2.33. The van der Waals surface area contributed by atoms with E-state index in [9.17, 15) is 4.79 Å². The summed E-state index contributed by atoms with van der Waals surface area (Å²) in [6, 6.07) is 15.7. The van der Waals surface area contributed by atoms with E-state index >= 15 is 0 Å². The van der Waals surface area contributed by atoms with Crippen LogP contribution in [0.25, 0.3) is 22.1 Å². The molecule has 5 rings (SSSR count). The van der Waals surface area contributed by atoms with E-state index in [1.807, 2.05) is 55.5 Å². The Morgan fingerprint density at radius 3 is 3.03 bits per heavy atom. The van der Waals surface area contributed by atoms with Gasteiger partial charge in [0, 0.05) is 25.0 Å². The zero-order valence-electron chi connectivity index (χ0n) is 18.1. The summed E-state index contributed by atoms with van der Waals surface area (Å²) in [7, 11) is 0. The molecule has 1 aliphatic heterocycles. The summed E-state index contributed by atoms with van der Waals surface area (Å²) in [5.41, 5.74) is 3.32. The molecule has 0 aliphatic carbocycles. The summed E-state index contributed by atoms with van der Waals surface area (Å²) in [4.78, 5) is 24.0. The molecule has 1 N–H and O–H groups in total.